The molecule has 0 heterocycles. The Morgan fingerprint density at radius 3 is 2.60 bits per heavy atom. The third-order valence-electron chi connectivity index (χ3n) is 2.18. The molecule has 1 unspecified atom stereocenters. The first-order valence-corrected chi connectivity index (χ1v) is 6.96. The highest BCUT2D eigenvalue weighted by atomic mass is 32.2. The molecule has 1 rings (SSSR count). The summed E-state index contributed by atoms with van der Waals surface area (Å²) in [7, 11) is -3.29. The fourth-order valence-corrected chi connectivity index (χ4v) is 2.49. The highest BCUT2D eigenvalue weighted by Gasteiger charge is 2.25. The van der Waals surface area contributed by atoms with Crippen LogP contribution in [0.5, 0.6) is 0 Å². The minimum Gasteiger partial charge on any atom is -0.352 e. The van der Waals surface area contributed by atoms with Gasteiger partial charge in [0, 0.05) is 12.1 Å². The maximum Gasteiger partial charge on any atom is 0.235 e. The number of hydrogen-bond donors (Lipinski definition) is 2. The normalized spacial score (nSPS) is 18.5. The van der Waals surface area contributed by atoms with Gasteiger partial charge in [-0.15, -0.1) is 0 Å². The lowest BCUT2D eigenvalue weighted by Gasteiger charge is -2.06. The number of carbonyl (C=O) groups excluding carboxylic acids is 1. The molecule has 88 valence electrons. The van der Waals surface area contributed by atoms with Crippen molar-refractivity contribution in [3.63, 3.8) is 0 Å². The maximum absolute atomic E-state index is 11.4. The summed E-state index contributed by atoms with van der Waals surface area (Å²) >= 11 is 0. The number of carbonyl (C=O) groups is 1. The Morgan fingerprint density at radius 1 is 1.53 bits per heavy atom. The molecule has 1 saturated carbocycles. The second kappa shape index (κ2) is 4.94. The molecule has 6 heteroatoms. The molecule has 0 radical (unpaired) electrons. The first kappa shape index (κ1) is 12.4. The van der Waals surface area contributed by atoms with E-state index in [2.05, 4.69) is 5.32 Å². The van der Waals surface area contributed by atoms with Crippen LogP contribution >= 0.6 is 0 Å². The van der Waals surface area contributed by atoms with Crippen molar-refractivity contribution >= 4 is 15.7 Å². The van der Waals surface area contributed by atoms with Crippen molar-refractivity contribution in [2.75, 3.05) is 11.5 Å². The maximum atomic E-state index is 11.4. The molecule has 0 aromatic rings. The zero-order valence-electron chi connectivity index (χ0n) is 8.90. The van der Waals surface area contributed by atoms with E-state index in [4.69, 9.17) is 5.73 Å². The van der Waals surface area contributed by atoms with Crippen molar-refractivity contribution < 1.29 is 13.2 Å². The van der Waals surface area contributed by atoms with Gasteiger partial charge in [0.05, 0.1) is 5.75 Å². The van der Waals surface area contributed by atoms with Gasteiger partial charge in [-0.3, -0.25) is 4.79 Å². The molecular formula is C9H18N2O3S. The summed E-state index contributed by atoms with van der Waals surface area (Å²) < 4.78 is 22.9. The number of nitrogens with one attached hydrogen (secondary N) is 1. The summed E-state index contributed by atoms with van der Waals surface area (Å²) in [5.41, 5.74) is 5.46. The zero-order valence-corrected chi connectivity index (χ0v) is 9.72. The lowest BCUT2D eigenvalue weighted by Crippen LogP contribution is -2.33. The van der Waals surface area contributed by atoms with E-state index in [0.717, 1.165) is 12.8 Å². The van der Waals surface area contributed by atoms with Crippen molar-refractivity contribution in [3.8, 4) is 0 Å². The van der Waals surface area contributed by atoms with Crippen LogP contribution in [0.2, 0.25) is 0 Å². The zero-order chi connectivity index (χ0) is 11.5. The van der Waals surface area contributed by atoms with Gasteiger partial charge >= 0.3 is 0 Å². The van der Waals surface area contributed by atoms with Gasteiger partial charge in [-0.05, 0) is 26.2 Å². The molecule has 1 aliphatic rings. The first-order valence-electron chi connectivity index (χ1n) is 5.14. The second-order valence-electron chi connectivity index (χ2n) is 4.20. The molecule has 1 fully saturated rings. The van der Waals surface area contributed by atoms with Gasteiger partial charge in [0.15, 0.2) is 9.84 Å². The molecule has 0 spiro atoms. The van der Waals surface area contributed by atoms with Gasteiger partial charge in [-0.1, -0.05) is 0 Å². The molecular weight excluding hydrogens is 216 g/mol. The number of amides is 1. The van der Waals surface area contributed by atoms with Gasteiger partial charge in [0.1, 0.15) is 5.75 Å². The van der Waals surface area contributed by atoms with Crippen LogP contribution in [0.4, 0.5) is 0 Å². The lowest BCUT2D eigenvalue weighted by molar-refractivity contribution is -0.118. The van der Waals surface area contributed by atoms with E-state index >= 15 is 0 Å². The van der Waals surface area contributed by atoms with Crippen LogP contribution in [0, 0.1) is 0 Å². The molecule has 1 aliphatic carbocycles. The number of nitrogens with two attached hydrogens (primary N) is 1. The molecule has 0 saturated heterocycles. The van der Waals surface area contributed by atoms with Crippen molar-refractivity contribution in [2.45, 2.75) is 38.3 Å². The van der Waals surface area contributed by atoms with E-state index < -0.39 is 15.6 Å². The molecule has 1 atom stereocenters. The Balaban J connectivity index is 2.30. The Kier molecular flexibility index (Phi) is 4.10. The van der Waals surface area contributed by atoms with E-state index in [0.29, 0.717) is 6.42 Å². The van der Waals surface area contributed by atoms with E-state index in [1.807, 2.05) is 0 Å². The van der Waals surface area contributed by atoms with Crippen LogP contribution in [-0.2, 0) is 14.6 Å². The molecule has 0 bridgehead atoms. The summed E-state index contributed by atoms with van der Waals surface area (Å²) in [5, 5.41) is 2.65. The van der Waals surface area contributed by atoms with E-state index in [1.165, 1.54) is 0 Å². The molecule has 5 nitrogen and oxygen atoms in total. The average molecular weight is 234 g/mol. The Morgan fingerprint density at radius 2 is 2.13 bits per heavy atom. The van der Waals surface area contributed by atoms with Gasteiger partial charge in [-0.25, -0.2) is 8.42 Å². The first-order chi connectivity index (χ1) is 6.89. The predicted octanol–water partition coefficient (Wildman–Crippen LogP) is -0.583. The van der Waals surface area contributed by atoms with Crippen LogP contribution in [0.1, 0.15) is 26.2 Å². The Labute approximate surface area is 90.3 Å². The molecule has 0 aromatic heterocycles. The molecule has 0 aliphatic heterocycles. The average Bonchev–Trinajstić information content (AvgIpc) is 2.83. The summed E-state index contributed by atoms with van der Waals surface area (Å²) in [5.74, 6) is -0.805. The van der Waals surface area contributed by atoms with Crippen molar-refractivity contribution in [2.24, 2.45) is 5.73 Å². The minimum absolute atomic E-state index is 0.0112. The van der Waals surface area contributed by atoms with E-state index in [1.54, 1.807) is 6.92 Å². The van der Waals surface area contributed by atoms with Crippen LogP contribution in [0.3, 0.4) is 0 Å². The fourth-order valence-electron chi connectivity index (χ4n) is 1.13. The lowest BCUT2D eigenvalue weighted by atomic mass is 10.3. The molecule has 15 heavy (non-hydrogen) atoms. The van der Waals surface area contributed by atoms with Crippen molar-refractivity contribution in [1.29, 1.82) is 0 Å². The van der Waals surface area contributed by atoms with Crippen molar-refractivity contribution in [1.82, 2.24) is 5.32 Å². The highest BCUT2D eigenvalue weighted by molar-refractivity contribution is 7.92. The van der Waals surface area contributed by atoms with E-state index in [-0.39, 0.29) is 23.7 Å². The minimum atomic E-state index is -3.29. The summed E-state index contributed by atoms with van der Waals surface area (Å²) in [6.45, 7) is 1.75. The standard InChI is InChI=1S/C9H18N2O3S/c1-7(10)4-5-15(13,14)6-9(12)11-8-2-3-8/h7-8H,2-6,10H2,1H3,(H,11,12). The summed E-state index contributed by atoms with van der Waals surface area (Å²) in [4.78, 5) is 11.2. The van der Waals surface area contributed by atoms with Crippen LogP contribution < -0.4 is 11.1 Å². The predicted molar refractivity (Wildman–Crippen MR) is 58.1 cm³/mol. The van der Waals surface area contributed by atoms with Crippen LogP contribution in [0.15, 0.2) is 0 Å². The van der Waals surface area contributed by atoms with Crippen LogP contribution in [0.25, 0.3) is 0 Å². The molecule has 0 aromatic carbocycles. The summed E-state index contributed by atoms with van der Waals surface area (Å²) in [6.07, 6.45) is 2.33. The highest BCUT2D eigenvalue weighted by Crippen LogP contribution is 2.18. The van der Waals surface area contributed by atoms with Crippen molar-refractivity contribution in [3.05, 3.63) is 0 Å². The number of rotatable bonds is 6. The summed E-state index contributed by atoms with van der Waals surface area (Å²) in [6, 6.07) is 0.0624. The topological polar surface area (TPSA) is 89.3 Å². The molecule has 1 amide bonds. The van der Waals surface area contributed by atoms with Gasteiger partial charge in [0.25, 0.3) is 0 Å². The quantitative estimate of drug-likeness (QED) is 0.643. The third-order valence-corrected chi connectivity index (χ3v) is 3.74. The molecule has 3 N–H and O–H groups in total. The Bertz CT molecular complexity index is 320. The second-order valence-corrected chi connectivity index (χ2v) is 6.38. The largest absolute Gasteiger partial charge is 0.352 e. The fraction of sp³-hybridized carbons (Fsp3) is 0.889. The van der Waals surface area contributed by atoms with E-state index in [9.17, 15) is 13.2 Å². The SMILES string of the molecule is CC(N)CCS(=O)(=O)CC(=O)NC1CC1. The van der Waals surface area contributed by atoms with Gasteiger partial charge in [0.2, 0.25) is 5.91 Å². The Hall–Kier alpha value is -0.620. The third kappa shape index (κ3) is 5.74. The van der Waals surface area contributed by atoms with Gasteiger partial charge in [-0.2, -0.15) is 0 Å². The monoisotopic (exact) mass is 234 g/mol. The van der Waals surface area contributed by atoms with Crippen LogP contribution in [-0.4, -0.2) is 37.9 Å². The number of sulfone groups is 1. The van der Waals surface area contributed by atoms with Gasteiger partial charge < -0.3 is 11.1 Å². The smallest absolute Gasteiger partial charge is 0.235 e. The number of hydrogen-bond acceptors (Lipinski definition) is 4.